The molecule has 2 amide bonds. The lowest BCUT2D eigenvalue weighted by molar-refractivity contribution is -0.119. The summed E-state index contributed by atoms with van der Waals surface area (Å²) in [4.78, 5) is 42.5. The zero-order valence-electron chi connectivity index (χ0n) is 14.1. The molecule has 2 aromatic rings. The van der Waals surface area contributed by atoms with Crippen LogP contribution in [0.5, 0.6) is 0 Å². The Labute approximate surface area is 158 Å². The van der Waals surface area contributed by atoms with Crippen LogP contribution in [0.4, 0.5) is 11.5 Å². The molecule has 0 saturated heterocycles. The molecule has 0 unspecified atom stereocenters. The van der Waals surface area contributed by atoms with Crippen LogP contribution in [-0.4, -0.2) is 33.6 Å². The molecule has 26 heavy (non-hydrogen) atoms. The first-order chi connectivity index (χ1) is 12.3. The van der Waals surface area contributed by atoms with Crippen molar-refractivity contribution >= 4 is 46.7 Å². The zero-order valence-corrected chi connectivity index (χ0v) is 15.7. The van der Waals surface area contributed by atoms with Crippen LogP contribution in [0.2, 0.25) is 5.02 Å². The number of carbonyl (C=O) groups excluding carboxylic acids is 2. The highest BCUT2D eigenvalue weighted by Crippen LogP contribution is 2.17. The number of nitrogen functional groups attached to an aromatic ring is 1. The van der Waals surface area contributed by atoms with Crippen LogP contribution in [0.1, 0.15) is 24.2 Å². The second kappa shape index (κ2) is 8.72. The average Bonchev–Trinajstić information content (AvgIpc) is 2.56. The minimum absolute atomic E-state index is 0.0191. The largest absolute Gasteiger partial charge is 0.382 e. The fourth-order valence-electron chi connectivity index (χ4n) is 1.94. The van der Waals surface area contributed by atoms with E-state index >= 15 is 0 Å². The molecule has 0 radical (unpaired) electrons. The molecule has 10 heteroatoms. The number of nitrogens with zero attached hydrogens (tertiary/aromatic N) is 1. The van der Waals surface area contributed by atoms with Gasteiger partial charge in [-0.2, -0.15) is 0 Å². The van der Waals surface area contributed by atoms with Crippen molar-refractivity contribution in [2.75, 3.05) is 16.8 Å². The predicted octanol–water partition coefficient (Wildman–Crippen LogP) is 1.87. The lowest BCUT2D eigenvalue weighted by Gasteiger charge is -2.09. The maximum Gasteiger partial charge on any atom is 0.277 e. The molecule has 8 nitrogen and oxygen atoms in total. The van der Waals surface area contributed by atoms with Crippen LogP contribution in [0, 0.1) is 0 Å². The first-order valence-corrected chi connectivity index (χ1v) is 9.01. The van der Waals surface area contributed by atoms with Crippen LogP contribution in [0.25, 0.3) is 0 Å². The van der Waals surface area contributed by atoms with E-state index in [-0.39, 0.29) is 34.4 Å². The van der Waals surface area contributed by atoms with Crippen molar-refractivity contribution in [2.45, 2.75) is 25.0 Å². The van der Waals surface area contributed by atoms with Gasteiger partial charge in [0.15, 0.2) is 11.0 Å². The second-order valence-electron chi connectivity index (χ2n) is 5.60. The highest BCUT2D eigenvalue weighted by atomic mass is 35.5. The number of carbonyl (C=O) groups is 2. The molecule has 1 aromatic carbocycles. The Kier molecular flexibility index (Phi) is 6.64. The number of hydrogen-bond acceptors (Lipinski definition) is 6. The minimum Gasteiger partial charge on any atom is -0.382 e. The Hall–Kier alpha value is -2.52. The molecule has 0 aliphatic rings. The molecule has 0 atom stereocenters. The van der Waals surface area contributed by atoms with Gasteiger partial charge in [0, 0.05) is 16.6 Å². The van der Waals surface area contributed by atoms with Crippen molar-refractivity contribution < 1.29 is 9.59 Å². The van der Waals surface area contributed by atoms with Crippen LogP contribution >= 0.6 is 23.4 Å². The molecule has 5 N–H and O–H groups in total. The molecule has 0 bridgehead atoms. The van der Waals surface area contributed by atoms with Crippen molar-refractivity contribution in [3.8, 4) is 0 Å². The predicted molar refractivity (Wildman–Crippen MR) is 103 cm³/mol. The van der Waals surface area contributed by atoms with E-state index in [0.717, 1.165) is 11.8 Å². The molecular weight excluding hydrogens is 378 g/mol. The van der Waals surface area contributed by atoms with Gasteiger partial charge in [0.25, 0.3) is 11.5 Å². The van der Waals surface area contributed by atoms with E-state index in [1.807, 2.05) is 13.8 Å². The van der Waals surface area contributed by atoms with Crippen molar-refractivity contribution in [2.24, 2.45) is 0 Å². The van der Waals surface area contributed by atoms with Crippen molar-refractivity contribution in [3.05, 3.63) is 45.2 Å². The van der Waals surface area contributed by atoms with Crippen molar-refractivity contribution in [1.82, 2.24) is 15.3 Å². The van der Waals surface area contributed by atoms with Crippen LogP contribution < -0.4 is 21.9 Å². The first-order valence-electron chi connectivity index (χ1n) is 7.65. The van der Waals surface area contributed by atoms with E-state index in [4.69, 9.17) is 17.3 Å². The topological polar surface area (TPSA) is 130 Å². The maximum atomic E-state index is 12.2. The number of aromatic nitrogens is 2. The Morgan fingerprint density at radius 3 is 2.54 bits per heavy atom. The number of nitrogens with one attached hydrogen (secondary N) is 3. The van der Waals surface area contributed by atoms with Gasteiger partial charge in [0.2, 0.25) is 5.91 Å². The molecule has 2 rings (SSSR count). The van der Waals surface area contributed by atoms with E-state index in [0.29, 0.717) is 10.6 Å². The number of halogens is 1. The van der Waals surface area contributed by atoms with Gasteiger partial charge in [0.1, 0.15) is 5.69 Å². The minimum atomic E-state index is -0.605. The lowest BCUT2D eigenvalue weighted by atomic mass is 10.2. The molecule has 0 aliphatic heterocycles. The summed E-state index contributed by atoms with van der Waals surface area (Å²) in [5, 5.41) is 5.84. The number of H-pyrrole nitrogens is 1. The van der Waals surface area contributed by atoms with Crippen LogP contribution in [0.15, 0.2) is 34.2 Å². The molecule has 138 valence electrons. The van der Waals surface area contributed by atoms with E-state index < -0.39 is 11.5 Å². The number of nitrogens with two attached hydrogens (primary N) is 1. The number of thioether (sulfide) groups is 1. The molecule has 1 aromatic heterocycles. The third-order valence-corrected chi connectivity index (χ3v) is 4.19. The van der Waals surface area contributed by atoms with E-state index in [1.54, 1.807) is 12.1 Å². The number of aromatic amines is 1. The van der Waals surface area contributed by atoms with Gasteiger partial charge < -0.3 is 16.4 Å². The van der Waals surface area contributed by atoms with Crippen LogP contribution in [-0.2, 0) is 4.79 Å². The summed E-state index contributed by atoms with van der Waals surface area (Å²) in [5.74, 6) is -0.761. The number of amides is 2. The SMILES string of the molecule is CC(C)NC(=O)CSc1nc(N)c(NC(=O)c2ccc(Cl)cc2)c(=O)[nH]1. The summed E-state index contributed by atoms with van der Waals surface area (Å²) in [6, 6.07) is 6.18. The fourth-order valence-corrected chi connectivity index (χ4v) is 2.75. The number of benzene rings is 1. The smallest absolute Gasteiger partial charge is 0.277 e. The molecule has 0 fully saturated rings. The maximum absolute atomic E-state index is 12.2. The zero-order chi connectivity index (χ0) is 19.3. The van der Waals surface area contributed by atoms with Gasteiger partial charge in [-0.25, -0.2) is 4.98 Å². The molecule has 1 heterocycles. The molecular formula is C16H18ClN5O3S. The highest BCUT2D eigenvalue weighted by molar-refractivity contribution is 7.99. The van der Waals surface area contributed by atoms with Crippen molar-refractivity contribution in [3.63, 3.8) is 0 Å². The normalized spacial score (nSPS) is 10.6. The van der Waals surface area contributed by atoms with Gasteiger partial charge in [-0.1, -0.05) is 23.4 Å². The molecule has 0 aliphatic carbocycles. The van der Waals surface area contributed by atoms with E-state index in [1.165, 1.54) is 12.1 Å². The summed E-state index contributed by atoms with van der Waals surface area (Å²) >= 11 is 6.81. The second-order valence-corrected chi connectivity index (χ2v) is 7.00. The Morgan fingerprint density at radius 2 is 1.96 bits per heavy atom. The average molecular weight is 396 g/mol. The highest BCUT2D eigenvalue weighted by Gasteiger charge is 2.15. The first kappa shape index (κ1) is 19.8. The standard InChI is InChI=1S/C16H18ClN5O3S/c1-8(2)19-11(23)7-26-16-21-13(18)12(15(25)22-16)20-14(24)9-3-5-10(17)6-4-9/h3-6,8H,7H2,1-2H3,(H,19,23)(H,20,24)(H3,18,21,22,25). The van der Waals surface area contributed by atoms with E-state index in [2.05, 4.69) is 20.6 Å². The van der Waals surface area contributed by atoms with Gasteiger partial charge in [-0.15, -0.1) is 0 Å². The summed E-state index contributed by atoms with van der Waals surface area (Å²) < 4.78 is 0. The monoisotopic (exact) mass is 395 g/mol. The van der Waals surface area contributed by atoms with Crippen LogP contribution in [0.3, 0.4) is 0 Å². The van der Waals surface area contributed by atoms with Crippen molar-refractivity contribution in [1.29, 1.82) is 0 Å². The summed E-state index contributed by atoms with van der Waals surface area (Å²) in [6.45, 7) is 3.69. The number of hydrogen-bond donors (Lipinski definition) is 4. The molecule has 0 saturated carbocycles. The van der Waals surface area contributed by atoms with E-state index in [9.17, 15) is 14.4 Å². The Bertz CT molecular complexity index is 867. The Balaban J connectivity index is 2.09. The number of rotatable bonds is 6. The Morgan fingerprint density at radius 1 is 1.31 bits per heavy atom. The van der Waals surface area contributed by atoms with Gasteiger partial charge >= 0.3 is 0 Å². The summed E-state index contributed by atoms with van der Waals surface area (Å²) in [7, 11) is 0. The lowest BCUT2D eigenvalue weighted by Crippen LogP contribution is -2.31. The summed E-state index contributed by atoms with van der Waals surface area (Å²) in [6.07, 6.45) is 0. The third-order valence-electron chi connectivity index (χ3n) is 3.06. The quantitative estimate of drug-likeness (QED) is 0.436. The fraction of sp³-hybridized carbons (Fsp3) is 0.250. The molecule has 0 spiro atoms. The van der Waals surface area contributed by atoms with Gasteiger partial charge in [0.05, 0.1) is 5.75 Å². The van der Waals surface area contributed by atoms with Gasteiger partial charge in [-0.3, -0.25) is 19.4 Å². The van der Waals surface area contributed by atoms with Gasteiger partial charge in [-0.05, 0) is 38.1 Å². The third kappa shape index (κ3) is 5.50. The number of anilines is 2. The summed E-state index contributed by atoms with van der Waals surface area (Å²) in [5.41, 5.74) is 5.34.